The lowest BCUT2D eigenvalue weighted by Crippen LogP contribution is -2.14. The van der Waals surface area contributed by atoms with Gasteiger partial charge in [-0.2, -0.15) is 0 Å². The second kappa shape index (κ2) is 9.67. The maximum atomic E-state index is 14.1. The topological polar surface area (TPSA) is 51.2 Å². The van der Waals surface area contributed by atoms with E-state index in [0.29, 0.717) is 10.9 Å². The molecule has 1 amide bonds. The normalized spacial score (nSPS) is 11.1. The molecule has 4 rings (SSSR count). The van der Waals surface area contributed by atoms with Crippen LogP contribution in [0.3, 0.4) is 0 Å². The molecule has 4 nitrogen and oxygen atoms in total. The van der Waals surface area contributed by atoms with E-state index in [0.717, 1.165) is 0 Å². The number of halogens is 7. The van der Waals surface area contributed by atoms with Crippen molar-refractivity contribution < 1.29 is 31.5 Å². The van der Waals surface area contributed by atoms with E-state index < -0.39 is 47.2 Å². The van der Waals surface area contributed by atoms with Gasteiger partial charge in [-0.15, -0.1) is 0 Å². The molecular weight excluding hydrogens is 514 g/mol. The third-order valence-corrected chi connectivity index (χ3v) is 5.76. The van der Waals surface area contributed by atoms with Crippen molar-refractivity contribution in [3.8, 4) is 5.75 Å². The number of hydrogen-bond donors (Lipinski definition) is 1. The number of carbonyl (C=O) groups excluding carboxylic acids is 1. The highest BCUT2D eigenvalue weighted by molar-refractivity contribution is 6.40. The Morgan fingerprint density at radius 1 is 0.914 bits per heavy atom. The molecule has 0 aliphatic carbocycles. The lowest BCUT2D eigenvalue weighted by atomic mass is 10.1. The highest BCUT2D eigenvalue weighted by atomic mass is 35.5. The molecule has 11 heteroatoms. The van der Waals surface area contributed by atoms with Gasteiger partial charge in [-0.25, -0.2) is 22.0 Å². The number of nitrogens with one attached hydrogen (secondary N) is 1. The summed E-state index contributed by atoms with van der Waals surface area (Å²) in [5, 5.41) is 3.23. The minimum atomic E-state index is -2.26. The van der Waals surface area contributed by atoms with Crippen LogP contribution in [0.1, 0.15) is 21.5 Å². The molecule has 0 saturated carbocycles. The molecule has 4 aromatic rings. The van der Waals surface area contributed by atoms with Crippen LogP contribution in [-0.2, 0) is 6.61 Å². The predicted octanol–water partition coefficient (Wildman–Crippen LogP) is 7.38. The summed E-state index contributed by atoms with van der Waals surface area (Å²) in [5.41, 5.74) is -0.183. The molecule has 180 valence electrons. The fourth-order valence-electron chi connectivity index (χ4n) is 3.41. The van der Waals surface area contributed by atoms with E-state index >= 15 is 0 Å². The van der Waals surface area contributed by atoms with E-state index in [1.165, 1.54) is 18.3 Å². The van der Waals surface area contributed by atoms with E-state index in [-0.39, 0.29) is 32.6 Å². The number of hydrogen-bond acceptors (Lipinski definition) is 3. The van der Waals surface area contributed by atoms with Gasteiger partial charge in [-0.1, -0.05) is 35.3 Å². The number of fused-ring (bicyclic) bond motifs is 1. The second-order valence-electron chi connectivity index (χ2n) is 7.36. The van der Waals surface area contributed by atoms with E-state index in [1.807, 2.05) is 0 Å². The van der Waals surface area contributed by atoms with Crippen LogP contribution < -0.4 is 10.1 Å². The molecule has 3 aromatic carbocycles. The summed E-state index contributed by atoms with van der Waals surface area (Å²) in [4.78, 5) is 17.1. The van der Waals surface area contributed by atoms with Gasteiger partial charge in [0.2, 0.25) is 5.82 Å². The van der Waals surface area contributed by atoms with Crippen molar-refractivity contribution in [2.24, 2.45) is 0 Å². The Bertz CT molecular complexity index is 1450. The Balaban J connectivity index is 1.71. The maximum Gasteiger partial charge on any atom is 0.258 e. The number of aromatic nitrogens is 1. The highest BCUT2D eigenvalue weighted by Crippen LogP contribution is 2.34. The number of rotatable bonds is 5. The van der Waals surface area contributed by atoms with Gasteiger partial charge in [0.25, 0.3) is 5.91 Å². The van der Waals surface area contributed by atoms with Crippen LogP contribution in [-0.4, -0.2) is 10.9 Å². The van der Waals surface area contributed by atoms with Crippen molar-refractivity contribution in [3.05, 3.63) is 98.4 Å². The average Bonchev–Trinajstić information content (AvgIpc) is 2.82. The first-order chi connectivity index (χ1) is 16.6. The predicted molar refractivity (Wildman–Crippen MR) is 121 cm³/mol. The first-order valence-electron chi connectivity index (χ1n) is 9.88. The maximum absolute atomic E-state index is 14.1. The molecule has 0 fully saturated rings. The van der Waals surface area contributed by atoms with E-state index in [4.69, 9.17) is 27.9 Å². The van der Waals surface area contributed by atoms with Gasteiger partial charge in [0.1, 0.15) is 12.4 Å². The molecule has 1 N–H and O–H groups in total. The second-order valence-corrected chi connectivity index (χ2v) is 8.17. The summed E-state index contributed by atoms with van der Waals surface area (Å²) in [5.74, 6) is -10.9. The van der Waals surface area contributed by atoms with Gasteiger partial charge in [0.05, 0.1) is 32.4 Å². The summed E-state index contributed by atoms with van der Waals surface area (Å²) >= 11 is 12.2. The summed E-state index contributed by atoms with van der Waals surface area (Å²) in [7, 11) is 0. The average molecular weight is 527 g/mol. The molecule has 0 bridgehead atoms. The van der Waals surface area contributed by atoms with Crippen molar-refractivity contribution >= 4 is 45.7 Å². The number of aryl methyl sites for hydroxylation is 1. The number of ether oxygens (including phenoxy) is 1. The van der Waals surface area contributed by atoms with Gasteiger partial charge >= 0.3 is 0 Å². The minimum absolute atomic E-state index is 0.0442. The molecule has 0 spiro atoms. The van der Waals surface area contributed by atoms with Crippen LogP contribution in [0.2, 0.25) is 10.0 Å². The van der Waals surface area contributed by atoms with Crippen molar-refractivity contribution in [3.63, 3.8) is 0 Å². The Morgan fingerprint density at radius 3 is 2.11 bits per heavy atom. The van der Waals surface area contributed by atoms with Crippen molar-refractivity contribution in [2.75, 3.05) is 5.32 Å². The number of amides is 1. The number of carbonyl (C=O) groups is 1. The minimum Gasteiger partial charge on any atom is -0.488 e. The smallest absolute Gasteiger partial charge is 0.258 e. The molecule has 0 saturated heterocycles. The SMILES string of the molecule is Cc1cnc2c(NC(=O)c3c(Cl)cccc3Cl)cccc2c1OCc1c(F)c(F)c(F)c(F)c1F. The molecule has 1 aromatic heterocycles. The molecule has 0 aliphatic rings. The number of nitrogens with zero attached hydrogens (tertiary/aromatic N) is 1. The molecule has 0 radical (unpaired) electrons. The lowest BCUT2D eigenvalue weighted by Gasteiger charge is -2.15. The van der Waals surface area contributed by atoms with E-state index in [2.05, 4.69) is 10.3 Å². The van der Waals surface area contributed by atoms with Crippen LogP contribution in [0, 0.1) is 36.0 Å². The summed E-state index contributed by atoms with van der Waals surface area (Å²) in [6, 6.07) is 9.23. The molecule has 0 aliphatic heterocycles. The first kappa shape index (κ1) is 24.7. The molecular formula is C24H13Cl2F5N2O2. The van der Waals surface area contributed by atoms with Gasteiger partial charge < -0.3 is 10.1 Å². The number of para-hydroxylation sites is 1. The van der Waals surface area contributed by atoms with Crippen LogP contribution in [0.5, 0.6) is 5.75 Å². The molecule has 1 heterocycles. The quantitative estimate of drug-likeness (QED) is 0.168. The molecule has 0 atom stereocenters. The standard InChI is InChI=1S/C24H13Cl2F5N2O2/c1-10-8-32-22-11(23(10)35-9-12-17(27)19(29)21(31)20(30)18(12)28)4-2-7-15(22)33-24(34)16-13(25)5-3-6-14(16)26/h2-8H,9H2,1H3,(H,33,34). The zero-order valence-electron chi connectivity index (χ0n) is 17.7. The Morgan fingerprint density at radius 2 is 1.49 bits per heavy atom. The lowest BCUT2D eigenvalue weighted by molar-refractivity contribution is 0.102. The van der Waals surface area contributed by atoms with Crippen molar-refractivity contribution in [1.29, 1.82) is 0 Å². The van der Waals surface area contributed by atoms with Crippen LogP contribution in [0.15, 0.2) is 42.6 Å². The van der Waals surface area contributed by atoms with Crippen LogP contribution in [0.25, 0.3) is 10.9 Å². The Hall–Kier alpha value is -3.43. The van der Waals surface area contributed by atoms with E-state index in [1.54, 1.807) is 31.2 Å². The zero-order valence-corrected chi connectivity index (χ0v) is 19.2. The summed E-state index contributed by atoms with van der Waals surface area (Å²) in [6.45, 7) is 0.632. The Kier molecular flexibility index (Phi) is 6.82. The number of pyridine rings is 1. The van der Waals surface area contributed by atoms with Gasteiger partial charge in [-0.05, 0) is 31.2 Å². The zero-order chi connectivity index (χ0) is 25.4. The fourth-order valence-corrected chi connectivity index (χ4v) is 3.98. The third kappa shape index (κ3) is 4.49. The van der Waals surface area contributed by atoms with Crippen LogP contribution >= 0.6 is 23.2 Å². The largest absolute Gasteiger partial charge is 0.488 e. The fraction of sp³-hybridized carbons (Fsp3) is 0.0833. The van der Waals surface area contributed by atoms with Crippen molar-refractivity contribution in [2.45, 2.75) is 13.5 Å². The Labute approximate surface area is 205 Å². The van der Waals surface area contributed by atoms with Crippen molar-refractivity contribution in [1.82, 2.24) is 4.98 Å². The third-order valence-electron chi connectivity index (χ3n) is 5.13. The summed E-state index contributed by atoms with van der Waals surface area (Å²) < 4.78 is 74.1. The van der Waals surface area contributed by atoms with Gasteiger partial charge in [-0.3, -0.25) is 9.78 Å². The number of anilines is 1. The van der Waals surface area contributed by atoms with Crippen LogP contribution in [0.4, 0.5) is 27.6 Å². The molecule has 35 heavy (non-hydrogen) atoms. The summed E-state index contributed by atoms with van der Waals surface area (Å²) in [6.07, 6.45) is 1.37. The molecule has 0 unspecified atom stereocenters. The first-order valence-corrected chi connectivity index (χ1v) is 10.6. The van der Waals surface area contributed by atoms with Gasteiger partial charge in [0.15, 0.2) is 23.3 Å². The van der Waals surface area contributed by atoms with Gasteiger partial charge in [0, 0.05) is 17.1 Å². The van der Waals surface area contributed by atoms with E-state index in [9.17, 15) is 26.7 Å². The highest BCUT2D eigenvalue weighted by Gasteiger charge is 2.26. The monoisotopic (exact) mass is 526 g/mol. The number of benzene rings is 3.